The van der Waals surface area contributed by atoms with Gasteiger partial charge in [0.05, 0.1) is 30.5 Å². The monoisotopic (exact) mass is 738 g/mol. The highest BCUT2D eigenvalue weighted by molar-refractivity contribution is 7.21. The van der Waals surface area contributed by atoms with Crippen LogP contribution >= 0.6 is 11.3 Å². The summed E-state index contributed by atoms with van der Waals surface area (Å²) in [7, 11) is 1.45. The second-order valence-corrected chi connectivity index (χ2v) is 13.4. The number of nitrogens with one attached hydrogen (secondary N) is 2. The second kappa shape index (κ2) is 14.9. The highest BCUT2D eigenvalue weighted by Gasteiger charge is 2.42. The van der Waals surface area contributed by atoms with Crippen molar-refractivity contribution in [3.63, 3.8) is 0 Å². The molecule has 272 valence electrons. The van der Waals surface area contributed by atoms with Gasteiger partial charge in [-0.1, -0.05) is 24.3 Å². The third kappa shape index (κ3) is 8.97. The summed E-state index contributed by atoms with van der Waals surface area (Å²) in [4.78, 5) is 41.1. The molecule has 0 saturated carbocycles. The Kier molecular flexibility index (Phi) is 11.0. The van der Waals surface area contributed by atoms with Gasteiger partial charge in [0.15, 0.2) is 0 Å². The number of thiophene rings is 1. The van der Waals surface area contributed by atoms with E-state index in [1.165, 1.54) is 7.11 Å². The third-order valence-electron chi connectivity index (χ3n) is 8.73. The first-order valence-electron chi connectivity index (χ1n) is 15.7. The van der Waals surface area contributed by atoms with Gasteiger partial charge in [-0.2, -0.15) is 26.3 Å². The number of ether oxygens (including phenoxy) is 1. The van der Waals surface area contributed by atoms with Crippen molar-refractivity contribution in [3.8, 4) is 5.75 Å². The van der Waals surface area contributed by atoms with Crippen LogP contribution in [0.5, 0.6) is 5.75 Å². The van der Waals surface area contributed by atoms with Crippen LogP contribution in [0.1, 0.15) is 69.7 Å². The zero-order chi connectivity index (χ0) is 37.2. The SMILES string of the molecule is CC(F)(F)F.COc1ccc(C2CC3CCC(C2)N3CC(N)=O)cc1C(=O)Nc1c(C(=O)Nc2ccc(F)c(C(F)(F)F)c2)sc2ccccc12. The van der Waals surface area contributed by atoms with Gasteiger partial charge in [-0.3, -0.25) is 19.3 Å². The number of amides is 3. The fourth-order valence-electron chi connectivity index (χ4n) is 6.66. The lowest BCUT2D eigenvalue weighted by Gasteiger charge is -2.38. The van der Waals surface area contributed by atoms with Crippen molar-refractivity contribution in [3.05, 3.63) is 88.0 Å². The van der Waals surface area contributed by atoms with Crippen LogP contribution in [0.2, 0.25) is 0 Å². The van der Waals surface area contributed by atoms with Gasteiger partial charge in [0.2, 0.25) is 5.91 Å². The number of benzene rings is 3. The molecule has 2 atom stereocenters. The van der Waals surface area contributed by atoms with E-state index in [1.54, 1.807) is 36.4 Å². The molecule has 2 aliphatic rings. The molecule has 0 aliphatic carbocycles. The predicted octanol–water partition coefficient (Wildman–Crippen LogP) is 8.34. The number of nitrogens with zero attached hydrogens (tertiary/aromatic N) is 1. The average Bonchev–Trinajstić information content (AvgIpc) is 3.51. The molecule has 8 nitrogen and oxygen atoms in total. The Hall–Kier alpha value is -4.70. The second-order valence-electron chi connectivity index (χ2n) is 12.3. The number of nitrogens with two attached hydrogens (primary N) is 1. The van der Waals surface area contributed by atoms with E-state index in [1.807, 2.05) is 6.07 Å². The van der Waals surface area contributed by atoms with Crippen LogP contribution in [-0.2, 0) is 11.0 Å². The lowest BCUT2D eigenvalue weighted by Crippen LogP contribution is -2.46. The number of hydrogen-bond acceptors (Lipinski definition) is 6. The number of carbonyl (C=O) groups excluding carboxylic acids is 3. The first-order valence-corrected chi connectivity index (χ1v) is 16.5. The van der Waals surface area contributed by atoms with Crippen LogP contribution in [-0.4, -0.2) is 54.5 Å². The van der Waals surface area contributed by atoms with Crippen LogP contribution in [0.3, 0.4) is 0 Å². The minimum Gasteiger partial charge on any atom is -0.496 e. The number of alkyl halides is 6. The normalized spacial score (nSPS) is 18.9. The molecule has 3 aromatic carbocycles. The van der Waals surface area contributed by atoms with Gasteiger partial charge < -0.3 is 21.1 Å². The number of hydrogen-bond donors (Lipinski definition) is 3. The number of primary amides is 1. The van der Waals surface area contributed by atoms with Crippen molar-refractivity contribution in [2.45, 2.75) is 63.0 Å². The van der Waals surface area contributed by atoms with Crippen molar-refractivity contribution < 1.29 is 49.9 Å². The summed E-state index contributed by atoms with van der Waals surface area (Å²) in [6.07, 6.45) is -5.37. The van der Waals surface area contributed by atoms with Gasteiger partial charge >= 0.3 is 12.4 Å². The van der Waals surface area contributed by atoms with E-state index in [2.05, 4.69) is 15.5 Å². The van der Waals surface area contributed by atoms with E-state index in [0.717, 1.165) is 48.6 Å². The maximum atomic E-state index is 13.9. The Morgan fingerprint density at radius 3 is 2.18 bits per heavy atom. The van der Waals surface area contributed by atoms with Gasteiger partial charge in [0.25, 0.3) is 11.8 Å². The molecular weight excluding hydrogens is 705 g/mol. The molecule has 51 heavy (non-hydrogen) atoms. The summed E-state index contributed by atoms with van der Waals surface area (Å²) < 4.78 is 90.9. The van der Waals surface area contributed by atoms with Crippen molar-refractivity contribution in [1.82, 2.24) is 4.90 Å². The Morgan fingerprint density at radius 1 is 0.922 bits per heavy atom. The van der Waals surface area contributed by atoms with E-state index >= 15 is 0 Å². The molecule has 2 aliphatic heterocycles. The van der Waals surface area contributed by atoms with Gasteiger partial charge in [-0.25, -0.2) is 4.39 Å². The number of piperidine rings is 1. The first-order chi connectivity index (χ1) is 23.9. The molecule has 2 saturated heterocycles. The summed E-state index contributed by atoms with van der Waals surface area (Å²) in [6.45, 7) is 0.417. The molecule has 2 unspecified atom stereocenters. The van der Waals surface area contributed by atoms with E-state index in [-0.39, 0.29) is 59.2 Å². The molecule has 3 heterocycles. The summed E-state index contributed by atoms with van der Waals surface area (Å²) in [5, 5.41) is 5.83. The fourth-order valence-corrected chi connectivity index (χ4v) is 7.71. The van der Waals surface area contributed by atoms with E-state index in [0.29, 0.717) is 28.0 Å². The van der Waals surface area contributed by atoms with Gasteiger partial charge in [0.1, 0.15) is 16.4 Å². The molecule has 16 heteroatoms. The van der Waals surface area contributed by atoms with E-state index in [9.17, 15) is 45.1 Å². The molecule has 4 N–H and O–H groups in total. The Morgan fingerprint density at radius 2 is 1.57 bits per heavy atom. The average molecular weight is 739 g/mol. The molecule has 2 fully saturated rings. The van der Waals surface area contributed by atoms with Crippen molar-refractivity contribution in [1.29, 1.82) is 0 Å². The summed E-state index contributed by atoms with van der Waals surface area (Å²) in [6, 6.07) is 15.1. The number of methoxy groups -OCH3 is 1. The van der Waals surface area contributed by atoms with Crippen molar-refractivity contribution >= 4 is 50.5 Å². The molecule has 2 bridgehead atoms. The van der Waals surface area contributed by atoms with Crippen molar-refractivity contribution in [2.24, 2.45) is 5.73 Å². The van der Waals surface area contributed by atoms with E-state index in [4.69, 9.17) is 10.5 Å². The van der Waals surface area contributed by atoms with Crippen molar-refractivity contribution in [2.75, 3.05) is 24.3 Å². The fraction of sp³-hybridized carbons (Fsp3) is 0.343. The first kappa shape index (κ1) is 37.6. The Balaban J connectivity index is 0.000000943. The third-order valence-corrected chi connectivity index (χ3v) is 9.90. The molecular formula is C35H33F7N4O4S. The molecule has 4 aromatic rings. The lowest BCUT2D eigenvalue weighted by atomic mass is 9.84. The molecule has 0 spiro atoms. The summed E-state index contributed by atoms with van der Waals surface area (Å²) in [5.41, 5.74) is 5.11. The minimum absolute atomic E-state index is 0.0564. The largest absolute Gasteiger partial charge is 0.496 e. The topological polar surface area (TPSA) is 114 Å². The standard InChI is InChI=1S/C33H30F4N4O4S.C2H3F3/c1-45-26-11-6-17(18-12-20-8-9-21(13-18)41(20)16-28(38)42)14-23(26)31(43)40-29-22-4-2-3-5-27(22)46-30(29)32(44)39-19-7-10-25(34)24(15-19)33(35,36)37;1-2(3,4)5/h2-7,10-11,14-15,18,20-21H,8-9,12-13,16H2,1H3,(H2,38,42)(H,39,44)(H,40,43);1H3. The molecule has 3 amide bonds. The number of carbonyl (C=O) groups is 3. The predicted molar refractivity (Wildman–Crippen MR) is 179 cm³/mol. The van der Waals surface area contributed by atoms with Gasteiger partial charge in [0, 0.05) is 34.8 Å². The maximum absolute atomic E-state index is 13.9. The molecule has 1 aromatic heterocycles. The van der Waals surface area contributed by atoms with E-state index < -0.39 is 35.5 Å². The number of rotatable bonds is 8. The van der Waals surface area contributed by atoms with Crippen LogP contribution < -0.4 is 21.1 Å². The number of fused-ring (bicyclic) bond motifs is 3. The van der Waals surface area contributed by atoms with Crippen LogP contribution in [0.25, 0.3) is 10.1 Å². The number of halogens is 7. The lowest BCUT2D eigenvalue weighted by molar-refractivity contribution is -0.140. The Bertz CT molecular complexity index is 1930. The summed E-state index contributed by atoms with van der Waals surface area (Å²) >= 11 is 1.06. The van der Waals surface area contributed by atoms with Gasteiger partial charge in [-0.05, 0) is 73.6 Å². The maximum Gasteiger partial charge on any atom is 0.419 e. The van der Waals surface area contributed by atoms with Crippen LogP contribution in [0.4, 0.5) is 42.1 Å². The smallest absolute Gasteiger partial charge is 0.419 e. The quantitative estimate of drug-likeness (QED) is 0.157. The Labute approximate surface area is 291 Å². The highest BCUT2D eigenvalue weighted by Crippen LogP contribution is 2.44. The zero-order valence-electron chi connectivity index (χ0n) is 27.3. The molecule has 0 radical (unpaired) electrons. The minimum atomic E-state index is -4.95. The molecule has 6 rings (SSSR count). The zero-order valence-corrected chi connectivity index (χ0v) is 28.1. The van der Waals surface area contributed by atoms with Gasteiger partial charge in [-0.15, -0.1) is 11.3 Å². The highest BCUT2D eigenvalue weighted by atomic mass is 32.1. The van der Waals surface area contributed by atoms with Crippen LogP contribution in [0, 0.1) is 5.82 Å². The number of anilines is 2. The summed E-state index contributed by atoms with van der Waals surface area (Å²) in [5.74, 6) is -2.63. The van der Waals surface area contributed by atoms with Crippen LogP contribution in [0.15, 0.2) is 60.7 Å².